The summed E-state index contributed by atoms with van der Waals surface area (Å²) in [6, 6.07) is 6.16. The predicted molar refractivity (Wildman–Crippen MR) is 88.0 cm³/mol. The van der Waals surface area contributed by atoms with E-state index in [4.69, 9.17) is 0 Å². The Morgan fingerprint density at radius 3 is 2.88 bits per heavy atom. The Hall–Kier alpha value is -2.45. The van der Waals surface area contributed by atoms with E-state index in [1.807, 2.05) is 13.1 Å². The maximum Gasteiger partial charge on any atom is 0.315 e. The maximum absolute atomic E-state index is 13.0. The number of hydrogen-bond donors (Lipinski definition) is 4. The summed E-state index contributed by atoms with van der Waals surface area (Å²) in [6.07, 6.45) is 2.83. The van der Waals surface area contributed by atoms with E-state index in [-0.39, 0.29) is 17.9 Å². The highest BCUT2D eigenvalue weighted by Gasteiger charge is 2.14. The zero-order valence-corrected chi connectivity index (χ0v) is 13.5. The lowest BCUT2D eigenvalue weighted by Crippen LogP contribution is -2.43. The van der Waals surface area contributed by atoms with Crippen LogP contribution in [0.2, 0.25) is 0 Å². The molecule has 1 aliphatic rings. The van der Waals surface area contributed by atoms with E-state index < -0.39 is 0 Å². The molecule has 2 aromatic rings. The zero-order valence-electron chi connectivity index (χ0n) is 13.5. The standard InChI is InChI=1S/C16H21FN6O/c1-11-12(8-18-16(24)19-9-14-6-7-20-21-14)10-23(22-11)15-4-2-13(17)3-5-15/h2-5,10,14,20-21H,6-9H2,1H3,(H2,18,19,24). The largest absolute Gasteiger partial charge is 0.337 e. The fourth-order valence-corrected chi connectivity index (χ4v) is 2.54. The van der Waals surface area contributed by atoms with Gasteiger partial charge in [0.2, 0.25) is 0 Å². The first-order valence-corrected chi connectivity index (χ1v) is 7.93. The summed E-state index contributed by atoms with van der Waals surface area (Å²) >= 11 is 0. The number of halogens is 1. The van der Waals surface area contributed by atoms with Crippen LogP contribution in [0.5, 0.6) is 0 Å². The minimum Gasteiger partial charge on any atom is -0.337 e. The number of rotatable bonds is 5. The first kappa shape index (κ1) is 16.4. The normalized spacial score (nSPS) is 17.0. The molecule has 1 aromatic carbocycles. The average Bonchev–Trinajstić information content (AvgIpc) is 3.21. The Balaban J connectivity index is 1.53. The molecule has 128 valence electrons. The minimum atomic E-state index is -0.284. The van der Waals surface area contributed by atoms with Gasteiger partial charge in [-0.15, -0.1) is 0 Å². The van der Waals surface area contributed by atoms with Gasteiger partial charge in [-0.05, 0) is 37.6 Å². The van der Waals surface area contributed by atoms with Gasteiger partial charge in [0.25, 0.3) is 0 Å². The van der Waals surface area contributed by atoms with Gasteiger partial charge in [-0.25, -0.2) is 13.9 Å². The Morgan fingerprint density at radius 2 is 2.17 bits per heavy atom. The van der Waals surface area contributed by atoms with Crippen LogP contribution in [0.4, 0.5) is 9.18 Å². The summed E-state index contributed by atoms with van der Waals surface area (Å²) in [7, 11) is 0. The first-order valence-electron chi connectivity index (χ1n) is 7.93. The molecule has 0 saturated carbocycles. The Kier molecular flexibility index (Phi) is 5.07. The summed E-state index contributed by atoms with van der Waals surface area (Å²) < 4.78 is 14.7. The van der Waals surface area contributed by atoms with Crippen LogP contribution < -0.4 is 21.5 Å². The van der Waals surface area contributed by atoms with Crippen molar-refractivity contribution in [3.05, 3.63) is 47.5 Å². The predicted octanol–water partition coefficient (Wildman–Crippen LogP) is 0.986. The number of aryl methyl sites for hydroxylation is 1. The highest BCUT2D eigenvalue weighted by molar-refractivity contribution is 5.73. The van der Waals surface area contributed by atoms with Crippen LogP contribution in [-0.4, -0.2) is 34.9 Å². The molecule has 1 atom stereocenters. The lowest BCUT2D eigenvalue weighted by molar-refractivity contribution is 0.239. The molecular weight excluding hydrogens is 311 g/mol. The third kappa shape index (κ3) is 4.09. The van der Waals surface area contributed by atoms with Crippen molar-refractivity contribution in [3.8, 4) is 5.69 Å². The highest BCUT2D eigenvalue weighted by atomic mass is 19.1. The molecule has 1 fully saturated rings. The zero-order chi connectivity index (χ0) is 16.9. The number of amides is 2. The van der Waals surface area contributed by atoms with E-state index in [2.05, 4.69) is 26.6 Å². The SMILES string of the molecule is Cc1nn(-c2ccc(F)cc2)cc1CNC(=O)NCC1CCNN1. The number of urea groups is 1. The highest BCUT2D eigenvalue weighted by Crippen LogP contribution is 2.12. The molecule has 0 bridgehead atoms. The van der Waals surface area contributed by atoms with E-state index in [1.165, 1.54) is 12.1 Å². The van der Waals surface area contributed by atoms with E-state index >= 15 is 0 Å². The number of nitrogens with zero attached hydrogens (tertiary/aromatic N) is 2. The van der Waals surface area contributed by atoms with Crippen molar-refractivity contribution in [1.82, 2.24) is 31.3 Å². The minimum absolute atomic E-state index is 0.211. The summed E-state index contributed by atoms with van der Waals surface area (Å²) in [6.45, 7) is 3.75. The second-order valence-corrected chi connectivity index (χ2v) is 5.78. The van der Waals surface area contributed by atoms with Gasteiger partial charge >= 0.3 is 6.03 Å². The van der Waals surface area contributed by atoms with Gasteiger partial charge in [-0.3, -0.25) is 10.9 Å². The maximum atomic E-state index is 13.0. The van der Waals surface area contributed by atoms with Crippen LogP contribution >= 0.6 is 0 Å². The van der Waals surface area contributed by atoms with Gasteiger partial charge in [-0.1, -0.05) is 0 Å². The van der Waals surface area contributed by atoms with E-state index in [0.717, 1.165) is 29.9 Å². The molecular formula is C16H21FN6O. The Morgan fingerprint density at radius 1 is 1.38 bits per heavy atom. The van der Waals surface area contributed by atoms with Crippen molar-refractivity contribution in [2.24, 2.45) is 0 Å². The second kappa shape index (κ2) is 7.41. The van der Waals surface area contributed by atoms with Crippen LogP contribution in [0.15, 0.2) is 30.5 Å². The van der Waals surface area contributed by atoms with E-state index in [9.17, 15) is 9.18 Å². The van der Waals surface area contributed by atoms with Gasteiger partial charge in [0.05, 0.1) is 11.4 Å². The number of carbonyl (C=O) groups excluding carboxylic acids is 1. The lowest BCUT2D eigenvalue weighted by atomic mass is 10.2. The van der Waals surface area contributed by atoms with Crippen molar-refractivity contribution < 1.29 is 9.18 Å². The summed E-state index contributed by atoms with van der Waals surface area (Å²) in [5, 5.41) is 10.1. The fraction of sp³-hybridized carbons (Fsp3) is 0.375. The van der Waals surface area contributed by atoms with Crippen molar-refractivity contribution in [3.63, 3.8) is 0 Å². The smallest absolute Gasteiger partial charge is 0.315 e. The molecule has 1 aromatic heterocycles. The van der Waals surface area contributed by atoms with Crippen LogP contribution in [0.1, 0.15) is 17.7 Å². The lowest BCUT2D eigenvalue weighted by Gasteiger charge is -2.11. The van der Waals surface area contributed by atoms with E-state index in [1.54, 1.807) is 16.8 Å². The number of hydrogen-bond acceptors (Lipinski definition) is 4. The van der Waals surface area contributed by atoms with Crippen LogP contribution in [0.25, 0.3) is 5.69 Å². The molecule has 0 spiro atoms. The van der Waals surface area contributed by atoms with Gasteiger partial charge in [0.15, 0.2) is 0 Å². The molecule has 0 radical (unpaired) electrons. The molecule has 4 N–H and O–H groups in total. The number of nitrogens with one attached hydrogen (secondary N) is 4. The monoisotopic (exact) mass is 332 g/mol. The number of benzene rings is 1. The quantitative estimate of drug-likeness (QED) is 0.658. The van der Waals surface area contributed by atoms with Crippen molar-refractivity contribution >= 4 is 6.03 Å². The van der Waals surface area contributed by atoms with Gasteiger partial charge < -0.3 is 10.6 Å². The second-order valence-electron chi connectivity index (χ2n) is 5.78. The Labute approximate surface area is 139 Å². The third-order valence-electron chi connectivity index (χ3n) is 3.96. The molecule has 0 aliphatic carbocycles. The van der Waals surface area contributed by atoms with Crippen molar-refractivity contribution in [2.75, 3.05) is 13.1 Å². The van der Waals surface area contributed by atoms with E-state index in [0.29, 0.717) is 13.1 Å². The van der Waals surface area contributed by atoms with Crippen molar-refractivity contribution in [2.45, 2.75) is 25.9 Å². The van der Waals surface area contributed by atoms with Crippen LogP contribution in [0.3, 0.4) is 0 Å². The third-order valence-corrected chi connectivity index (χ3v) is 3.96. The number of carbonyl (C=O) groups is 1. The fourth-order valence-electron chi connectivity index (χ4n) is 2.54. The summed E-state index contributed by atoms with van der Waals surface area (Å²) in [5.41, 5.74) is 8.62. The molecule has 3 rings (SSSR count). The number of hydrazine groups is 1. The first-order chi connectivity index (χ1) is 11.6. The molecule has 1 aliphatic heterocycles. The molecule has 24 heavy (non-hydrogen) atoms. The molecule has 1 saturated heterocycles. The van der Waals surface area contributed by atoms with Crippen LogP contribution in [-0.2, 0) is 6.54 Å². The number of aromatic nitrogens is 2. The molecule has 1 unspecified atom stereocenters. The molecule has 7 nitrogen and oxygen atoms in total. The molecule has 2 amide bonds. The summed E-state index contributed by atoms with van der Waals surface area (Å²) in [4.78, 5) is 11.9. The average molecular weight is 332 g/mol. The van der Waals surface area contributed by atoms with Gasteiger partial charge in [0.1, 0.15) is 5.82 Å². The van der Waals surface area contributed by atoms with Gasteiger partial charge in [-0.2, -0.15) is 5.10 Å². The molecule has 8 heteroatoms. The topological polar surface area (TPSA) is 83.0 Å². The Bertz CT molecular complexity index is 693. The van der Waals surface area contributed by atoms with Crippen molar-refractivity contribution in [1.29, 1.82) is 0 Å². The van der Waals surface area contributed by atoms with Gasteiger partial charge in [0, 0.05) is 37.4 Å². The summed E-state index contributed by atoms with van der Waals surface area (Å²) in [5.74, 6) is -0.284. The molecule has 2 heterocycles. The van der Waals surface area contributed by atoms with Crippen LogP contribution in [0, 0.1) is 12.7 Å².